The van der Waals surface area contributed by atoms with Crippen LogP contribution in [0.4, 0.5) is 0 Å². The lowest BCUT2D eigenvalue weighted by Gasteiger charge is -2.13. The molecule has 14 heavy (non-hydrogen) atoms. The first-order valence-corrected chi connectivity index (χ1v) is 5.87. The number of hydrogen-bond acceptors (Lipinski definition) is 2. The van der Waals surface area contributed by atoms with Gasteiger partial charge in [-0.15, -0.1) is 0 Å². The van der Waals surface area contributed by atoms with Crippen molar-refractivity contribution in [3.8, 4) is 0 Å². The summed E-state index contributed by atoms with van der Waals surface area (Å²) in [4.78, 5) is 2.53. The smallest absolute Gasteiger partial charge is 0.0195 e. The highest BCUT2D eigenvalue weighted by atomic mass is 15.1. The van der Waals surface area contributed by atoms with Crippen molar-refractivity contribution < 1.29 is 0 Å². The maximum Gasteiger partial charge on any atom is 0.0195 e. The molecule has 2 atom stereocenters. The molecule has 0 bridgehead atoms. The molecule has 0 saturated carbocycles. The van der Waals surface area contributed by atoms with Gasteiger partial charge in [-0.1, -0.05) is 25.5 Å². The summed E-state index contributed by atoms with van der Waals surface area (Å²) >= 11 is 0. The molecule has 82 valence electrons. The minimum atomic E-state index is 0.198. The highest BCUT2D eigenvalue weighted by molar-refractivity contribution is 4.92. The summed E-state index contributed by atoms with van der Waals surface area (Å²) in [5.41, 5.74) is 5.65. The fourth-order valence-electron chi connectivity index (χ4n) is 2.15. The Balaban J connectivity index is 2.16. The zero-order chi connectivity index (χ0) is 10.4. The van der Waals surface area contributed by atoms with Gasteiger partial charge < -0.3 is 5.73 Å². The second-order valence-electron chi connectivity index (χ2n) is 4.49. The van der Waals surface area contributed by atoms with Gasteiger partial charge in [0.2, 0.25) is 0 Å². The average molecular weight is 196 g/mol. The van der Waals surface area contributed by atoms with Crippen molar-refractivity contribution in [2.45, 2.75) is 39.2 Å². The molecular weight excluding hydrogens is 172 g/mol. The van der Waals surface area contributed by atoms with E-state index in [9.17, 15) is 0 Å². The minimum absolute atomic E-state index is 0.198. The monoisotopic (exact) mass is 196 g/mol. The molecule has 0 amide bonds. The van der Waals surface area contributed by atoms with Gasteiger partial charge in [0, 0.05) is 19.1 Å². The summed E-state index contributed by atoms with van der Waals surface area (Å²) in [6.07, 6.45) is 8.41. The summed E-state index contributed by atoms with van der Waals surface area (Å²) in [5, 5.41) is 0. The molecule has 0 aromatic heterocycles. The Morgan fingerprint density at radius 1 is 1.57 bits per heavy atom. The summed E-state index contributed by atoms with van der Waals surface area (Å²) in [5.74, 6) is 0.948. The van der Waals surface area contributed by atoms with E-state index in [-0.39, 0.29) is 6.04 Å². The van der Waals surface area contributed by atoms with Crippen molar-refractivity contribution in [1.29, 1.82) is 0 Å². The van der Waals surface area contributed by atoms with Crippen LogP contribution < -0.4 is 5.73 Å². The highest BCUT2D eigenvalue weighted by Gasteiger charge is 2.20. The summed E-state index contributed by atoms with van der Waals surface area (Å²) in [6, 6.07) is 0.198. The molecule has 1 heterocycles. The molecule has 1 rings (SSSR count). The van der Waals surface area contributed by atoms with Gasteiger partial charge >= 0.3 is 0 Å². The van der Waals surface area contributed by atoms with E-state index in [2.05, 4.69) is 24.0 Å². The van der Waals surface area contributed by atoms with Gasteiger partial charge in [-0.05, 0) is 32.2 Å². The van der Waals surface area contributed by atoms with E-state index in [0.717, 1.165) is 12.5 Å². The molecule has 0 radical (unpaired) electrons. The SMILES string of the molecule is CCC[C@@H]1CCN(C/C=C/C(C)N)C1. The molecule has 0 aromatic rings. The van der Waals surface area contributed by atoms with Crippen molar-refractivity contribution >= 4 is 0 Å². The molecule has 1 saturated heterocycles. The van der Waals surface area contributed by atoms with Crippen molar-refractivity contribution in [2.24, 2.45) is 11.7 Å². The average Bonchev–Trinajstić information content (AvgIpc) is 2.53. The van der Waals surface area contributed by atoms with Crippen LogP contribution in [-0.2, 0) is 0 Å². The molecule has 1 aliphatic heterocycles. The third-order valence-electron chi connectivity index (χ3n) is 2.87. The topological polar surface area (TPSA) is 29.3 Å². The first-order valence-electron chi connectivity index (χ1n) is 5.87. The Morgan fingerprint density at radius 3 is 3.00 bits per heavy atom. The second-order valence-corrected chi connectivity index (χ2v) is 4.49. The summed E-state index contributed by atoms with van der Waals surface area (Å²) < 4.78 is 0. The molecule has 0 aliphatic carbocycles. The van der Waals surface area contributed by atoms with Crippen LogP contribution in [0.2, 0.25) is 0 Å². The predicted molar refractivity (Wildman–Crippen MR) is 62.2 cm³/mol. The molecular formula is C12H24N2. The Kier molecular flexibility index (Phi) is 5.20. The fourth-order valence-corrected chi connectivity index (χ4v) is 2.15. The van der Waals surface area contributed by atoms with Gasteiger partial charge in [-0.25, -0.2) is 0 Å². The van der Waals surface area contributed by atoms with Gasteiger partial charge in [0.1, 0.15) is 0 Å². The van der Waals surface area contributed by atoms with Gasteiger partial charge in [0.05, 0.1) is 0 Å². The molecule has 1 aliphatic rings. The van der Waals surface area contributed by atoms with Gasteiger partial charge in [0.15, 0.2) is 0 Å². The maximum absolute atomic E-state index is 5.65. The van der Waals surface area contributed by atoms with Gasteiger partial charge in [-0.3, -0.25) is 4.90 Å². The van der Waals surface area contributed by atoms with E-state index in [4.69, 9.17) is 5.73 Å². The third kappa shape index (κ3) is 4.25. The van der Waals surface area contributed by atoms with E-state index in [1.165, 1.54) is 32.4 Å². The lowest BCUT2D eigenvalue weighted by atomic mass is 10.0. The van der Waals surface area contributed by atoms with Crippen molar-refractivity contribution in [3.05, 3.63) is 12.2 Å². The van der Waals surface area contributed by atoms with Crippen molar-refractivity contribution in [2.75, 3.05) is 19.6 Å². The van der Waals surface area contributed by atoms with Crippen molar-refractivity contribution in [1.82, 2.24) is 4.90 Å². The Hall–Kier alpha value is -0.340. The highest BCUT2D eigenvalue weighted by Crippen LogP contribution is 2.20. The zero-order valence-electron chi connectivity index (χ0n) is 9.58. The van der Waals surface area contributed by atoms with Crippen LogP contribution in [0.5, 0.6) is 0 Å². The number of nitrogens with two attached hydrogens (primary N) is 1. The lowest BCUT2D eigenvalue weighted by Crippen LogP contribution is -2.21. The van der Waals surface area contributed by atoms with Crippen LogP contribution in [-0.4, -0.2) is 30.6 Å². The van der Waals surface area contributed by atoms with E-state index in [1.54, 1.807) is 0 Å². The second kappa shape index (κ2) is 6.20. The van der Waals surface area contributed by atoms with Crippen LogP contribution >= 0.6 is 0 Å². The quantitative estimate of drug-likeness (QED) is 0.682. The van der Waals surface area contributed by atoms with E-state index in [1.807, 2.05) is 6.92 Å². The number of rotatable bonds is 5. The zero-order valence-corrected chi connectivity index (χ0v) is 9.58. The number of likely N-dealkylation sites (tertiary alicyclic amines) is 1. The van der Waals surface area contributed by atoms with Crippen LogP contribution in [0, 0.1) is 5.92 Å². The summed E-state index contributed by atoms with van der Waals surface area (Å²) in [7, 11) is 0. The molecule has 2 nitrogen and oxygen atoms in total. The number of nitrogens with zero attached hydrogens (tertiary/aromatic N) is 1. The Labute approximate surface area is 88.2 Å². The van der Waals surface area contributed by atoms with Gasteiger partial charge in [0.25, 0.3) is 0 Å². The minimum Gasteiger partial charge on any atom is -0.325 e. The van der Waals surface area contributed by atoms with Crippen LogP contribution in [0.15, 0.2) is 12.2 Å². The van der Waals surface area contributed by atoms with Gasteiger partial charge in [-0.2, -0.15) is 0 Å². The largest absolute Gasteiger partial charge is 0.325 e. The molecule has 0 aromatic carbocycles. The predicted octanol–water partition coefficient (Wildman–Crippen LogP) is 2.01. The molecule has 1 fully saturated rings. The normalized spacial score (nSPS) is 26.1. The lowest BCUT2D eigenvalue weighted by molar-refractivity contribution is 0.353. The van der Waals surface area contributed by atoms with E-state index < -0.39 is 0 Å². The van der Waals surface area contributed by atoms with Crippen LogP contribution in [0.3, 0.4) is 0 Å². The fraction of sp³-hybridized carbons (Fsp3) is 0.833. The molecule has 1 unspecified atom stereocenters. The number of hydrogen-bond donors (Lipinski definition) is 1. The first-order chi connectivity index (χ1) is 6.72. The van der Waals surface area contributed by atoms with E-state index in [0.29, 0.717) is 0 Å². The van der Waals surface area contributed by atoms with Crippen molar-refractivity contribution in [3.63, 3.8) is 0 Å². The van der Waals surface area contributed by atoms with E-state index >= 15 is 0 Å². The Bertz CT molecular complexity index is 175. The Morgan fingerprint density at radius 2 is 2.36 bits per heavy atom. The maximum atomic E-state index is 5.65. The van der Waals surface area contributed by atoms with Crippen LogP contribution in [0.1, 0.15) is 33.1 Å². The molecule has 0 spiro atoms. The standard InChI is InChI=1S/C12H24N2/c1-3-5-12-7-9-14(10-12)8-4-6-11(2)13/h4,6,11-12H,3,5,7-10,13H2,1-2H3/b6-4+/t11?,12-/m1/s1. The van der Waals surface area contributed by atoms with Crippen LogP contribution in [0.25, 0.3) is 0 Å². The first kappa shape index (κ1) is 11.7. The molecule has 2 N–H and O–H groups in total. The third-order valence-corrected chi connectivity index (χ3v) is 2.87. The summed E-state index contributed by atoms with van der Waals surface area (Å²) in [6.45, 7) is 7.94. The molecule has 2 heteroatoms.